The second-order valence-electron chi connectivity index (χ2n) is 7.03. The number of carbonyl (C=O) groups excluding carboxylic acids is 1. The monoisotopic (exact) mass is 475 g/mol. The van der Waals surface area contributed by atoms with Crippen LogP contribution in [0, 0.1) is 0 Å². The molecular weight excluding hydrogens is 438 g/mol. The molecule has 34 heavy (non-hydrogen) atoms. The summed E-state index contributed by atoms with van der Waals surface area (Å²) >= 11 is 0. The van der Waals surface area contributed by atoms with Crippen molar-refractivity contribution in [2.45, 2.75) is 33.5 Å². The first-order chi connectivity index (χ1) is 16.2. The summed E-state index contributed by atoms with van der Waals surface area (Å²) in [6.07, 6.45) is 2.57. The van der Waals surface area contributed by atoms with Crippen LogP contribution >= 0.6 is 0 Å². The average Bonchev–Trinajstić information content (AvgIpc) is 2.86. The van der Waals surface area contributed by atoms with Crippen molar-refractivity contribution in [2.24, 2.45) is 4.99 Å². The molecule has 2 N–H and O–H groups in total. The van der Waals surface area contributed by atoms with E-state index in [1.54, 1.807) is 14.2 Å². The zero-order valence-corrected chi connectivity index (χ0v) is 19.2. The van der Waals surface area contributed by atoms with Gasteiger partial charge in [0.15, 0.2) is 0 Å². The predicted molar refractivity (Wildman–Crippen MR) is 132 cm³/mol. The lowest BCUT2D eigenvalue weighted by Crippen LogP contribution is -2.28. The molecule has 0 bridgehead atoms. The number of hydrogen-bond donors (Lipinski definition) is 2. The zero-order valence-electron chi connectivity index (χ0n) is 19.2. The van der Waals surface area contributed by atoms with Crippen molar-refractivity contribution in [3.63, 3.8) is 0 Å². The summed E-state index contributed by atoms with van der Waals surface area (Å²) in [7, 11) is 3.24. The number of nitrogens with zero attached hydrogens (tertiary/aromatic N) is 1. The Labute approximate surface area is 202 Å². The number of hydrogen-bond acceptors (Lipinski definition) is 8. The van der Waals surface area contributed by atoms with Crippen molar-refractivity contribution in [3.8, 4) is 11.5 Å². The first-order valence-electron chi connectivity index (χ1n) is 10.8. The van der Waals surface area contributed by atoms with Gasteiger partial charge in [-0.05, 0) is 61.3 Å². The molecular formula is C25H37N3O6. The molecule has 9 heteroatoms. The van der Waals surface area contributed by atoms with Crippen LogP contribution < -0.4 is 20.1 Å². The molecule has 0 radical (unpaired) electrons. The number of aliphatic imine (C=N–C) groups is 1. The molecule has 0 heterocycles. The topological polar surface area (TPSA) is 99.6 Å². The average molecular weight is 476 g/mol. The fourth-order valence-electron chi connectivity index (χ4n) is 2.68. The standard InChI is InChI=1S/C24H33N3O6.CH4/c1-29-22-9-5-20(6-10-22)17-31-24(28)27-16-4-14-25-13-3-15-26-19-33-32-18-21-7-11-23(30-2)12-8-21;/h5-12,19,25H,3-4,13-18H2,1-2H3,(H,27,28);1H4. The molecule has 2 rings (SSSR count). The molecule has 188 valence electrons. The van der Waals surface area contributed by atoms with E-state index in [9.17, 15) is 4.79 Å². The Morgan fingerprint density at radius 2 is 1.44 bits per heavy atom. The Hall–Kier alpha value is -3.30. The Morgan fingerprint density at radius 3 is 2.06 bits per heavy atom. The first kappa shape index (κ1) is 28.7. The second kappa shape index (κ2) is 18.2. The van der Waals surface area contributed by atoms with Gasteiger partial charge in [-0.3, -0.25) is 4.99 Å². The van der Waals surface area contributed by atoms with Crippen LogP contribution in [0.15, 0.2) is 53.5 Å². The van der Waals surface area contributed by atoms with Crippen LogP contribution in [0.3, 0.4) is 0 Å². The number of amides is 1. The predicted octanol–water partition coefficient (Wildman–Crippen LogP) is 4.11. The molecule has 0 saturated carbocycles. The molecule has 1 amide bonds. The molecule has 2 aromatic rings. The van der Waals surface area contributed by atoms with E-state index in [0.29, 0.717) is 19.7 Å². The molecule has 0 unspecified atom stereocenters. The van der Waals surface area contributed by atoms with Crippen LogP contribution in [0.4, 0.5) is 4.79 Å². The lowest BCUT2D eigenvalue weighted by Gasteiger charge is -2.08. The summed E-state index contributed by atoms with van der Waals surface area (Å²) in [5.74, 6) is 1.57. The lowest BCUT2D eigenvalue weighted by molar-refractivity contribution is -0.227. The van der Waals surface area contributed by atoms with Gasteiger partial charge in [-0.1, -0.05) is 31.7 Å². The minimum absolute atomic E-state index is 0. The molecule has 9 nitrogen and oxygen atoms in total. The first-order valence-corrected chi connectivity index (χ1v) is 10.8. The molecule has 0 atom stereocenters. The van der Waals surface area contributed by atoms with Gasteiger partial charge in [-0.15, -0.1) is 0 Å². The van der Waals surface area contributed by atoms with E-state index in [-0.39, 0.29) is 14.0 Å². The number of ether oxygens (including phenoxy) is 3. The number of methoxy groups -OCH3 is 2. The Kier molecular flexibility index (Phi) is 15.3. The van der Waals surface area contributed by atoms with Crippen molar-refractivity contribution in [1.82, 2.24) is 10.6 Å². The van der Waals surface area contributed by atoms with Gasteiger partial charge in [0, 0.05) is 13.1 Å². The highest BCUT2D eigenvalue weighted by Gasteiger charge is 2.02. The largest absolute Gasteiger partial charge is 0.497 e. The molecule has 0 saturated heterocycles. The van der Waals surface area contributed by atoms with Crippen molar-refractivity contribution in [1.29, 1.82) is 0 Å². The molecule has 0 fully saturated rings. The van der Waals surface area contributed by atoms with E-state index in [1.807, 2.05) is 48.5 Å². The summed E-state index contributed by atoms with van der Waals surface area (Å²) in [4.78, 5) is 25.9. The third-order valence-electron chi connectivity index (χ3n) is 4.54. The van der Waals surface area contributed by atoms with E-state index >= 15 is 0 Å². The Bertz CT molecular complexity index is 812. The maximum atomic E-state index is 11.7. The number of benzene rings is 2. The molecule has 0 aliphatic rings. The van der Waals surface area contributed by atoms with E-state index in [2.05, 4.69) is 15.6 Å². The van der Waals surface area contributed by atoms with E-state index in [0.717, 1.165) is 48.6 Å². The van der Waals surface area contributed by atoms with Gasteiger partial charge in [-0.2, -0.15) is 4.89 Å². The lowest BCUT2D eigenvalue weighted by atomic mass is 10.2. The van der Waals surface area contributed by atoms with Gasteiger partial charge in [0.25, 0.3) is 0 Å². The summed E-state index contributed by atoms with van der Waals surface area (Å²) in [6, 6.07) is 14.9. The van der Waals surface area contributed by atoms with E-state index < -0.39 is 6.09 Å². The van der Waals surface area contributed by atoms with Gasteiger partial charge in [0.2, 0.25) is 6.40 Å². The third kappa shape index (κ3) is 12.7. The maximum Gasteiger partial charge on any atom is 0.407 e. The highest BCUT2D eigenvalue weighted by molar-refractivity contribution is 5.67. The zero-order chi connectivity index (χ0) is 23.6. The van der Waals surface area contributed by atoms with Crippen molar-refractivity contribution in [2.75, 3.05) is 40.4 Å². The van der Waals surface area contributed by atoms with Gasteiger partial charge >= 0.3 is 6.09 Å². The smallest absolute Gasteiger partial charge is 0.407 e. The summed E-state index contributed by atoms with van der Waals surface area (Å²) in [5.41, 5.74) is 1.89. The highest BCUT2D eigenvalue weighted by atomic mass is 17.2. The van der Waals surface area contributed by atoms with Crippen molar-refractivity contribution >= 4 is 12.5 Å². The molecule has 0 aliphatic heterocycles. The van der Waals surface area contributed by atoms with Crippen molar-refractivity contribution in [3.05, 3.63) is 59.7 Å². The minimum Gasteiger partial charge on any atom is -0.497 e. The fraction of sp³-hybridized carbons (Fsp3) is 0.440. The number of rotatable bonds is 16. The SMILES string of the molecule is C.COc1ccc(COOC=NCCCNCCCNC(=O)OCc2ccc(OC)cc2)cc1. The summed E-state index contributed by atoms with van der Waals surface area (Å²) in [6.45, 7) is 3.36. The summed E-state index contributed by atoms with van der Waals surface area (Å²) < 4.78 is 15.4. The van der Waals surface area contributed by atoms with Crippen LogP contribution in [-0.2, 0) is 27.7 Å². The normalized spacial score (nSPS) is 10.4. The number of carbonyl (C=O) groups is 1. The van der Waals surface area contributed by atoms with Crippen LogP contribution in [0.2, 0.25) is 0 Å². The molecule has 0 aliphatic carbocycles. The Balaban J connectivity index is 0.00000578. The van der Waals surface area contributed by atoms with Crippen LogP contribution in [-0.4, -0.2) is 52.9 Å². The fourth-order valence-corrected chi connectivity index (χ4v) is 2.68. The van der Waals surface area contributed by atoms with Crippen LogP contribution in [0.5, 0.6) is 11.5 Å². The molecule has 2 aromatic carbocycles. The number of alkyl carbamates (subject to hydrolysis) is 1. The minimum atomic E-state index is -0.422. The maximum absolute atomic E-state index is 11.7. The third-order valence-corrected chi connectivity index (χ3v) is 4.54. The van der Waals surface area contributed by atoms with Crippen molar-refractivity contribution < 1.29 is 28.8 Å². The second-order valence-corrected chi connectivity index (χ2v) is 7.03. The van der Waals surface area contributed by atoms with Gasteiger partial charge in [0.1, 0.15) is 24.7 Å². The highest BCUT2D eigenvalue weighted by Crippen LogP contribution is 2.12. The molecule has 0 aromatic heterocycles. The van der Waals surface area contributed by atoms with Crippen LogP contribution in [0.1, 0.15) is 31.4 Å². The molecule has 0 spiro atoms. The quantitative estimate of drug-likeness (QED) is 0.124. The Morgan fingerprint density at radius 1 is 0.853 bits per heavy atom. The number of nitrogens with one attached hydrogen (secondary N) is 2. The van der Waals surface area contributed by atoms with Crippen LogP contribution in [0.25, 0.3) is 0 Å². The summed E-state index contributed by atoms with van der Waals surface area (Å²) in [5, 5.41) is 6.04. The van der Waals surface area contributed by atoms with E-state index in [4.69, 9.17) is 24.0 Å². The van der Waals surface area contributed by atoms with E-state index in [1.165, 1.54) is 6.40 Å². The van der Waals surface area contributed by atoms with Gasteiger partial charge < -0.3 is 29.7 Å². The van der Waals surface area contributed by atoms with Gasteiger partial charge in [-0.25, -0.2) is 4.79 Å². The van der Waals surface area contributed by atoms with Gasteiger partial charge in [0.05, 0.1) is 14.2 Å².